The smallest absolute Gasteiger partial charge is 0.272 e. The van der Waals surface area contributed by atoms with Gasteiger partial charge in [0.1, 0.15) is 11.9 Å². The molecule has 2 fully saturated rings. The van der Waals surface area contributed by atoms with Gasteiger partial charge in [0.2, 0.25) is 8.32 Å². The van der Waals surface area contributed by atoms with E-state index in [1.54, 1.807) is 12.1 Å². The Morgan fingerprint density at radius 2 is 1.39 bits per heavy atom. The summed E-state index contributed by atoms with van der Waals surface area (Å²) in [4.78, 5) is 0. The molecule has 0 aromatic heterocycles. The molecule has 2 aliphatic rings. The highest BCUT2D eigenvalue weighted by atomic mass is 32.2. The first-order valence-corrected chi connectivity index (χ1v) is 22.8. The van der Waals surface area contributed by atoms with Gasteiger partial charge < -0.3 is 18.3 Å². The van der Waals surface area contributed by atoms with Crippen LogP contribution in [-0.2, 0) is 38.4 Å². The normalized spacial score (nSPS) is 27.2. The molecule has 10 heteroatoms. The van der Waals surface area contributed by atoms with Crippen LogP contribution in [0.15, 0.2) is 30.3 Å². The minimum atomic E-state index is -4.00. The van der Waals surface area contributed by atoms with Crippen molar-refractivity contribution in [1.29, 1.82) is 0 Å². The molecular formula is C31H56O7SSi2. The zero-order valence-corrected chi connectivity index (χ0v) is 29.9. The maximum atomic E-state index is 13.6. The molecule has 1 heterocycles. The number of benzene rings is 1. The zero-order valence-electron chi connectivity index (χ0n) is 27.1. The first-order chi connectivity index (χ1) is 19.1. The molecule has 7 nitrogen and oxygen atoms in total. The third-order valence-electron chi connectivity index (χ3n) is 8.59. The van der Waals surface area contributed by atoms with Crippen LogP contribution in [-0.4, -0.2) is 61.9 Å². The summed E-state index contributed by atoms with van der Waals surface area (Å²) < 4.78 is 60.6. The van der Waals surface area contributed by atoms with Gasteiger partial charge in [0.25, 0.3) is 10.1 Å². The minimum absolute atomic E-state index is 0.00401. The third-order valence-corrected chi connectivity index (χ3v) is 16.9. The summed E-state index contributed by atoms with van der Waals surface area (Å²) in [5.74, 6) is -0.232. The van der Waals surface area contributed by atoms with Gasteiger partial charge >= 0.3 is 0 Å². The van der Waals surface area contributed by atoms with Crippen molar-refractivity contribution in [1.82, 2.24) is 0 Å². The monoisotopic (exact) mass is 628 g/mol. The number of hydrogen-bond donors (Lipinski definition) is 0. The molecule has 1 aromatic carbocycles. The predicted molar refractivity (Wildman–Crippen MR) is 170 cm³/mol. The molecule has 236 valence electrons. The highest BCUT2D eigenvalue weighted by molar-refractivity contribution is 7.85. The summed E-state index contributed by atoms with van der Waals surface area (Å²) in [7, 11) is -8.57. The van der Waals surface area contributed by atoms with E-state index in [9.17, 15) is 8.42 Å². The maximum absolute atomic E-state index is 13.6. The maximum Gasteiger partial charge on any atom is 0.272 e. The summed E-state index contributed by atoms with van der Waals surface area (Å²) in [6, 6.07) is 9.13. The van der Waals surface area contributed by atoms with E-state index in [0.717, 1.165) is 25.7 Å². The van der Waals surface area contributed by atoms with E-state index in [1.165, 1.54) is 6.42 Å². The lowest BCUT2D eigenvalue weighted by atomic mass is 9.96. The first-order valence-electron chi connectivity index (χ1n) is 15.7. The SMILES string of the molecule is CC(C)[Si](O[C@@H]1[C@@H](O[Si](C)(C)C)[C@@H](OS(=O)(=O)Cc2ccccc2)[C@@H](OC2CCCCC2)O[C@H]1C)(C(C)C)C(C)C. The Labute approximate surface area is 252 Å². The van der Waals surface area contributed by atoms with Gasteiger partial charge in [-0.15, -0.1) is 0 Å². The molecule has 0 unspecified atom stereocenters. The molecule has 0 spiro atoms. The lowest BCUT2D eigenvalue weighted by Crippen LogP contribution is -2.66. The fourth-order valence-electron chi connectivity index (χ4n) is 6.91. The number of hydrogen-bond acceptors (Lipinski definition) is 7. The van der Waals surface area contributed by atoms with E-state index in [4.69, 9.17) is 22.5 Å². The Morgan fingerprint density at radius 3 is 1.90 bits per heavy atom. The van der Waals surface area contributed by atoms with Crippen molar-refractivity contribution in [3.63, 3.8) is 0 Å². The summed E-state index contributed by atoms with van der Waals surface area (Å²) >= 11 is 0. The van der Waals surface area contributed by atoms with E-state index in [2.05, 4.69) is 61.2 Å². The van der Waals surface area contributed by atoms with Crippen LogP contribution in [0.3, 0.4) is 0 Å². The second-order valence-electron chi connectivity index (χ2n) is 13.9. The van der Waals surface area contributed by atoms with E-state index >= 15 is 0 Å². The van der Waals surface area contributed by atoms with Crippen LogP contribution in [0, 0.1) is 0 Å². The molecule has 1 saturated heterocycles. The first kappa shape index (κ1) is 34.9. The fourth-order valence-corrected chi connectivity index (χ4v) is 14.8. The quantitative estimate of drug-likeness (QED) is 0.163. The predicted octanol–water partition coefficient (Wildman–Crippen LogP) is 7.78. The molecule has 0 N–H and O–H groups in total. The molecule has 0 amide bonds. The molecule has 0 radical (unpaired) electrons. The van der Waals surface area contributed by atoms with Crippen LogP contribution in [0.2, 0.25) is 36.3 Å². The van der Waals surface area contributed by atoms with Crippen molar-refractivity contribution >= 4 is 26.8 Å². The second-order valence-corrected chi connectivity index (χ2v) is 25.4. The van der Waals surface area contributed by atoms with Crippen LogP contribution in [0.5, 0.6) is 0 Å². The van der Waals surface area contributed by atoms with Gasteiger partial charge in [-0.2, -0.15) is 8.42 Å². The second kappa shape index (κ2) is 14.5. The fraction of sp³-hybridized carbons (Fsp3) is 0.806. The Balaban J connectivity index is 2.05. The Morgan fingerprint density at radius 1 is 0.829 bits per heavy atom. The summed E-state index contributed by atoms with van der Waals surface area (Å²) in [5.41, 5.74) is 1.71. The van der Waals surface area contributed by atoms with Crippen molar-refractivity contribution in [2.24, 2.45) is 0 Å². The molecule has 3 rings (SSSR count). The highest BCUT2D eigenvalue weighted by Gasteiger charge is 2.55. The number of ether oxygens (including phenoxy) is 2. The topological polar surface area (TPSA) is 80.3 Å². The van der Waals surface area contributed by atoms with Crippen LogP contribution in [0.4, 0.5) is 0 Å². The van der Waals surface area contributed by atoms with E-state index in [1.807, 2.05) is 25.1 Å². The van der Waals surface area contributed by atoms with Crippen LogP contribution in [0.25, 0.3) is 0 Å². The largest absolute Gasteiger partial charge is 0.409 e. The van der Waals surface area contributed by atoms with Gasteiger partial charge in [0.05, 0.1) is 18.3 Å². The van der Waals surface area contributed by atoms with Crippen LogP contribution in [0.1, 0.15) is 86.1 Å². The molecule has 41 heavy (non-hydrogen) atoms. The van der Waals surface area contributed by atoms with Crippen molar-refractivity contribution in [2.75, 3.05) is 0 Å². The summed E-state index contributed by atoms with van der Waals surface area (Å²) in [6.07, 6.45) is 1.92. The van der Waals surface area contributed by atoms with Gasteiger partial charge in [-0.1, -0.05) is 91.1 Å². The van der Waals surface area contributed by atoms with Crippen molar-refractivity contribution in [2.45, 2.75) is 159 Å². The average molecular weight is 629 g/mol. The van der Waals surface area contributed by atoms with E-state index in [-0.39, 0.29) is 18.0 Å². The lowest BCUT2D eigenvalue weighted by Gasteiger charge is -2.52. The minimum Gasteiger partial charge on any atom is -0.409 e. The van der Waals surface area contributed by atoms with Crippen LogP contribution < -0.4 is 0 Å². The third kappa shape index (κ3) is 9.20. The average Bonchev–Trinajstić information content (AvgIpc) is 2.85. The summed E-state index contributed by atoms with van der Waals surface area (Å²) in [6.45, 7) is 21.9. The van der Waals surface area contributed by atoms with Crippen molar-refractivity contribution < 1.29 is 30.9 Å². The highest BCUT2D eigenvalue weighted by Crippen LogP contribution is 2.46. The molecule has 1 saturated carbocycles. The Hall–Kier alpha value is -0.596. The van der Waals surface area contributed by atoms with E-state index in [0.29, 0.717) is 22.2 Å². The molecule has 0 bridgehead atoms. The van der Waals surface area contributed by atoms with Crippen molar-refractivity contribution in [3.8, 4) is 0 Å². The van der Waals surface area contributed by atoms with Gasteiger partial charge in [-0.05, 0) is 61.6 Å². The van der Waals surface area contributed by atoms with Gasteiger partial charge in [-0.3, -0.25) is 4.18 Å². The van der Waals surface area contributed by atoms with Crippen molar-refractivity contribution in [3.05, 3.63) is 35.9 Å². The summed E-state index contributed by atoms with van der Waals surface area (Å²) in [5, 5.41) is 0. The molecule has 1 aromatic rings. The van der Waals surface area contributed by atoms with Crippen LogP contribution >= 0.6 is 0 Å². The Kier molecular flexibility index (Phi) is 12.3. The molecular weight excluding hydrogens is 573 g/mol. The van der Waals surface area contributed by atoms with Gasteiger partial charge in [-0.25, -0.2) is 0 Å². The van der Waals surface area contributed by atoms with Gasteiger partial charge in [0.15, 0.2) is 20.7 Å². The van der Waals surface area contributed by atoms with Gasteiger partial charge in [0, 0.05) is 0 Å². The van der Waals surface area contributed by atoms with E-state index < -0.39 is 51.4 Å². The standard InChI is InChI=1S/C31H56O7SSi2/c1-22(2)41(23(3)4,24(5)6)38-28-25(7)34-31(35-27-19-15-12-16-20-27)30(29(28)37-40(8,9)10)36-39(32,33)21-26-17-13-11-14-18-26/h11,13-14,17-18,22-25,27-31H,12,15-16,19-21H2,1-10H3/t25-,28-,29+,30+,31+/m0/s1. The molecule has 1 aliphatic carbocycles. The molecule has 5 atom stereocenters. The Bertz CT molecular complexity index is 1010. The lowest BCUT2D eigenvalue weighted by molar-refractivity contribution is -0.294. The number of rotatable bonds is 13. The molecule has 1 aliphatic heterocycles. The zero-order chi connectivity index (χ0) is 30.6.